The van der Waals surface area contributed by atoms with Crippen molar-refractivity contribution in [2.24, 2.45) is 5.92 Å². The van der Waals surface area contributed by atoms with Gasteiger partial charge in [-0.05, 0) is 30.4 Å². The van der Waals surface area contributed by atoms with Crippen LogP contribution in [-0.4, -0.2) is 29.3 Å². The van der Waals surface area contributed by atoms with Gasteiger partial charge < -0.3 is 10.2 Å². The van der Waals surface area contributed by atoms with Gasteiger partial charge in [-0.2, -0.15) is 0 Å². The lowest BCUT2D eigenvalue weighted by molar-refractivity contribution is -0.129. The largest absolute Gasteiger partial charge is 0.349 e. The molecule has 1 saturated carbocycles. The van der Waals surface area contributed by atoms with Crippen LogP contribution in [0.3, 0.4) is 0 Å². The molecule has 4 heteroatoms. The number of likely N-dealkylation sites (tertiary alicyclic amines) is 1. The van der Waals surface area contributed by atoms with Gasteiger partial charge in [0, 0.05) is 19.0 Å². The minimum atomic E-state index is -0.231. The van der Waals surface area contributed by atoms with Crippen molar-refractivity contribution in [2.45, 2.75) is 37.8 Å². The average Bonchev–Trinajstić information content (AvgIpc) is 3.44. The molecular weight excluding hydrogens is 324 g/mol. The molecule has 1 aliphatic heterocycles. The van der Waals surface area contributed by atoms with Crippen molar-refractivity contribution in [2.75, 3.05) is 6.54 Å². The second-order valence-corrected chi connectivity index (χ2v) is 7.34. The molecule has 0 aromatic heterocycles. The van der Waals surface area contributed by atoms with Gasteiger partial charge in [-0.3, -0.25) is 9.59 Å². The van der Waals surface area contributed by atoms with Crippen molar-refractivity contribution in [1.82, 2.24) is 10.2 Å². The Morgan fingerprint density at radius 2 is 1.69 bits per heavy atom. The summed E-state index contributed by atoms with van der Waals surface area (Å²) in [6, 6.07) is 20.5. The second-order valence-electron chi connectivity index (χ2n) is 7.34. The number of hydrogen-bond donors (Lipinski definition) is 1. The van der Waals surface area contributed by atoms with Crippen molar-refractivity contribution >= 4 is 11.8 Å². The molecular formula is C22H24N2O2. The van der Waals surface area contributed by atoms with E-state index in [1.165, 1.54) is 5.56 Å². The van der Waals surface area contributed by atoms with E-state index in [0.717, 1.165) is 24.8 Å². The fraction of sp³-hybridized carbons (Fsp3) is 0.364. The fourth-order valence-electron chi connectivity index (χ4n) is 3.72. The first-order valence-corrected chi connectivity index (χ1v) is 9.39. The summed E-state index contributed by atoms with van der Waals surface area (Å²) in [4.78, 5) is 26.9. The highest BCUT2D eigenvalue weighted by Gasteiger charge is 2.42. The summed E-state index contributed by atoms with van der Waals surface area (Å²) >= 11 is 0. The standard InChI is InChI=1S/C22H24N2O2/c25-21-14-18(15-24(21)19-11-12-19)22(26)23-20(17-9-5-2-6-10-17)13-16-7-3-1-4-8-16/h1-10,18-20H,11-15H2,(H,23,26)/t18-,20-/m1/s1. The van der Waals surface area contributed by atoms with Crippen LogP contribution in [0.5, 0.6) is 0 Å². The first kappa shape index (κ1) is 16.8. The molecule has 2 fully saturated rings. The van der Waals surface area contributed by atoms with Gasteiger partial charge in [-0.1, -0.05) is 60.7 Å². The third-order valence-corrected chi connectivity index (χ3v) is 5.32. The molecule has 4 rings (SSSR count). The summed E-state index contributed by atoms with van der Waals surface area (Å²) in [7, 11) is 0. The Morgan fingerprint density at radius 1 is 1.04 bits per heavy atom. The minimum absolute atomic E-state index is 0.00807. The van der Waals surface area contributed by atoms with Crippen LogP contribution in [0.25, 0.3) is 0 Å². The number of rotatable bonds is 6. The van der Waals surface area contributed by atoms with Crippen LogP contribution in [0.1, 0.15) is 36.4 Å². The molecule has 1 saturated heterocycles. The predicted molar refractivity (Wildman–Crippen MR) is 100 cm³/mol. The summed E-state index contributed by atoms with van der Waals surface area (Å²) in [5.41, 5.74) is 2.27. The summed E-state index contributed by atoms with van der Waals surface area (Å²) in [6.07, 6.45) is 3.25. The van der Waals surface area contributed by atoms with Crippen molar-refractivity contribution < 1.29 is 9.59 Å². The van der Waals surface area contributed by atoms with Crippen molar-refractivity contribution in [3.63, 3.8) is 0 Å². The maximum absolute atomic E-state index is 12.9. The van der Waals surface area contributed by atoms with E-state index in [-0.39, 0.29) is 23.8 Å². The summed E-state index contributed by atoms with van der Waals surface area (Å²) in [5.74, 6) is -0.108. The molecule has 134 valence electrons. The Morgan fingerprint density at radius 3 is 2.35 bits per heavy atom. The van der Waals surface area contributed by atoms with Gasteiger partial charge in [0.15, 0.2) is 0 Å². The van der Waals surface area contributed by atoms with Crippen LogP contribution in [0.4, 0.5) is 0 Å². The van der Waals surface area contributed by atoms with Gasteiger partial charge in [0.1, 0.15) is 0 Å². The number of nitrogens with one attached hydrogen (secondary N) is 1. The molecule has 1 N–H and O–H groups in total. The van der Waals surface area contributed by atoms with Crippen LogP contribution in [0, 0.1) is 5.92 Å². The molecule has 4 nitrogen and oxygen atoms in total. The number of amides is 2. The lowest BCUT2D eigenvalue weighted by Crippen LogP contribution is -2.36. The molecule has 0 spiro atoms. The van der Waals surface area contributed by atoms with E-state index in [4.69, 9.17) is 0 Å². The van der Waals surface area contributed by atoms with E-state index in [1.807, 2.05) is 53.4 Å². The van der Waals surface area contributed by atoms with Crippen LogP contribution >= 0.6 is 0 Å². The van der Waals surface area contributed by atoms with Crippen LogP contribution in [-0.2, 0) is 16.0 Å². The highest BCUT2D eigenvalue weighted by atomic mass is 16.2. The molecule has 0 bridgehead atoms. The zero-order chi connectivity index (χ0) is 17.9. The maximum atomic E-state index is 12.9. The highest BCUT2D eigenvalue weighted by molar-refractivity contribution is 5.89. The van der Waals surface area contributed by atoms with Crippen LogP contribution < -0.4 is 5.32 Å². The summed E-state index contributed by atoms with van der Waals surface area (Å²) in [6.45, 7) is 0.572. The SMILES string of the molecule is O=C(N[C@H](Cc1ccccc1)c1ccccc1)[C@@H]1CC(=O)N(C2CC2)C1. The molecule has 1 heterocycles. The fourth-order valence-corrected chi connectivity index (χ4v) is 3.72. The predicted octanol–water partition coefficient (Wildman–Crippen LogP) is 3.10. The molecule has 1 aliphatic carbocycles. The first-order chi connectivity index (χ1) is 12.7. The van der Waals surface area contributed by atoms with Gasteiger partial charge in [-0.25, -0.2) is 0 Å². The van der Waals surface area contributed by atoms with Gasteiger partial charge >= 0.3 is 0 Å². The normalized spacial score (nSPS) is 20.8. The van der Waals surface area contributed by atoms with Gasteiger partial charge in [-0.15, -0.1) is 0 Å². The third kappa shape index (κ3) is 3.79. The number of hydrogen-bond acceptors (Lipinski definition) is 2. The summed E-state index contributed by atoms with van der Waals surface area (Å²) in [5, 5.41) is 3.21. The molecule has 0 unspecified atom stereocenters. The van der Waals surface area contributed by atoms with Gasteiger partial charge in [0.25, 0.3) is 0 Å². The second kappa shape index (κ2) is 7.32. The Labute approximate surface area is 154 Å². The molecule has 2 aromatic rings. The van der Waals surface area contributed by atoms with Crippen LogP contribution in [0.2, 0.25) is 0 Å². The molecule has 26 heavy (non-hydrogen) atoms. The van der Waals surface area contributed by atoms with E-state index < -0.39 is 0 Å². The maximum Gasteiger partial charge on any atom is 0.225 e. The number of carbonyl (C=O) groups excluding carboxylic acids is 2. The molecule has 2 atom stereocenters. The van der Waals surface area contributed by atoms with Gasteiger partial charge in [0.05, 0.1) is 12.0 Å². The Kier molecular flexibility index (Phi) is 4.74. The lowest BCUT2D eigenvalue weighted by atomic mass is 9.97. The first-order valence-electron chi connectivity index (χ1n) is 9.39. The monoisotopic (exact) mass is 348 g/mol. The number of carbonyl (C=O) groups is 2. The Hall–Kier alpha value is -2.62. The van der Waals surface area contributed by atoms with Crippen LogP contribution in [0.15, 0.2) is 60.7 Å². The van der Waals surface area contributed by atoms with Crippen molar-refractivity contribution in [1.29, 1.82) is 0 Å². The topological polar surface area (TPSA) is 49.4 Å². The number of benzene rings is 2. The lowest BCUT2D eigenvalue weighted by Gasteiger charge is -2.22. The van der Waals surface area contributed by atoms with E-state index in [0.29, 0.717) is 19.0 Å². The molecule has 2 aliphatic rings. The molecule has 2 amide bonds. The minimum Gasteiger partial charge on any atom is -0.349 e. The Balaban J connectivity index is 1.47. The average molecular weight is 348 g/mol. The third-order valence-electron chi connectivity index (χ3n) is 5.32. The van der Waals surface area contributed by atoms with E-state index in [9.17, 15) is 9.59 Å². The quantitative estimate of drug-likeness (QED) is 0.872. The highest BCUT2D eigenvalue weighted by Crippen LogP contribution is 2.33. The van der Waals surface area contributed by atoms with Crippen molar-refractivity contribution in [3.05, 3.63) is 71.8 Å². The zero-order valence-electron chi connectivity index (χ0n) is 14.8. The van der Waals surface area contributed by atoms with Gasteiger partial charge in [0.2, 0.25) is 11.8 Å². The molecule has 2 aromatic carbocycles. The number of nitrogens with zero attached hydrogens (tertiary/aromatic N) is 1. The Bertz CT molecular complexity index is 771. The van der Waals surface area contributed by atoms with E-state index in [2.05, 4.69) is 17.4 Å². The van der Waals surface area contributed by atoms with Crippen molar-refractivity contribution in [3.8, 4) is 0 Å². The van der Waals surface area contributed by atoms with E-state index in [1.54, 1.807) is 0 Å². The molecule has 0 radical (unpaired) electrons. The smallest absolute Gasteiger partial charge is 0.225 e. The van der Waals surface area contributed by atoms with E-state index >= 15 is 0 Å². The zero-order valence-corrected chi connectivity index (χ0v) is 14.8. The summed E-state index contributed by atoms with van der Waals surface area (Å²) < 4.78 is 0.